The van der Waals surface area contributed by atoms with E-state index in [0.717, 1.165) is 11.0 Å². The van der Waals surface area contributed by atoms with Crippen LogP contribution in [0.4, 0.5) is 0 Å². The zero-order chi connectivity index (χ0) is 10.1. The van der Waals surface area contributed by atoms with Gasteiger partial charge >= 0.3 is 0 Å². The van der Waals surface area contributed by atoms with Crippen LogP contribution in [-0.2, 0) is 11.8 Å². The summed E-state index contributed by atoms with van der Waals surface area (Å²) in [6.07, 6.45) is 0.279. The smallest absolute Gasteiger partial charge is 0.260 e. The van der Waals surface area contributed by atoms with Crippen LogP contribution in [0.15, 0.2) is 24.3 Å². The Morgan fingerprint density at radius 1 is 1.43 bits per heavy atom. The van der Waals surface area contributed by atoms with E-state index in [1.54, 1.807) is 17.7 Å². The van der Waals surface area contributed by atoms with Crippen LogP contribution in [0, 0.1) is 0 Å². The van der Waals surface area contributed by atoms with Crippen LogP contribution in [0.1, 0.15) is 10.6 Å². The van der Waals surface area contributed by atoms with Gasteiger partial charge in [-0.05, 0) is 12.1 Å². The molecule has 2 aromatic rings. The van der Waals surface area contributed by atoms with Crippen LogP contribution in [0.3, 0.4) is 0 Å². The zero-order valence-corrected chi connectivity index (χ0v) is 7.60. The van der Waals surface area contributed by atoms with Gasteiger partial charge in [0.1, 0.15) is 0 Å². The standard InChI is InChI=1S/C10H8N2O2/c1-12-8-5-3-2-4-7(8)11-10(12)9(14)6-13/h2-6H,1H3. The molecule has 0 aliphatic rings. The summed E-state index contributed by atoms with van der Waals surface area (Å²) >= 11 is 0. The molecular formula is C10H8N2O2. The second-order valence-corrected chi connectivity index (χ2v) is 2.97. The first-order valence-corrected chi connectivity index (χ1v) is 4.15. The Bertz CT molecular complexity index is 514. The fourth-order valence-electron chi connectivity index (χ4n) is 1.42. The van der Waals surface area contributed by atoms with Crippen LogP contribution < -0.4 is 0 Å². The number of carbonyl (C=O) groups excluding carboxylic acids is 2. The lowest BCUT2D eigenvalue weighted by Gasteiger charge is -1.95. The third-order valence-corrected chi connectivity index (χ3v) is 2.11. The monoisotopic (exact) mass is 188 g/mol. The van der Waals surface area contributed by atoms with Gasteiger partial charge in [-0.3, -0.25) is 9.59 Å². The second-order valence-electron chi connectivity index (χ2n) is 2.97. The van der Waals surface area contributed by atoms with E-state index in [9.17, 15) is 9.59 Å². The molecule has 14 heavy (non-hydrogen) atoms. The van der Waals surface area contributed by atoms with Gasteiger partial charge < -0.3 is 4.57 Å². The highest BCUT2D eigenvalue weighted by Gasteiger charge is 2.13. The molecule has 0 atom stereocenters. The highest BCUT2D eigenvalue weighted by atomic mass is 16.2. The second kappa shape index (κ2) is 3.06. The van der Waals surface area contributed by atoms with Crippen molar-refractivity contribution in [2.45, 2.75) is 0 Å². The summed E-state index contributed by atoms with van der Waals surface area (Å²) < 4.78 is 1.62. The van der Waals surface area contributed by atoms with Gasteiger partial charge in [0.05, 0.1) is 11.0 Å². The molecular weight excluding hydrogens is 180 g/mol. The number of ketones is 1. The van der Waals surface area contributed by atoms with Gasteiger partial charge in [-0.15, -0.1) is 0 Å². The van der Waals surface area contributed by atoms with Gasteiger partial charge in [-0.25, -0.2) is 4.98 Å². The van der Waals surface area contributed by atoms with Crippen molar-refractivity contribution < 1.29 is 9.59 Å². The number of Topliss-reactive ketones (excluding diaryl/α,β-unsaturated/α-hetero) is 1. The number of hydrogen-bond donors (Lipinski definition) is 0. The summed E-state index contributed by atoms with van der Waals surface area (Å²) in [6, 6.07) is 7.35. The number of aryl methyl sites for hydroxylation is 1. The first-order chi connectivity index (χ1) is 6.74. The fourth-order valence-corrected chi connectivity index (χ4v) is 1.42. The Labute approximate surface area is 80.2 Å². The molecule has 0 fully saturated rings. The zero-order valence-electron chi connectivity index (χ0n) is 7.60. The summed E-state index contributed by atoms with van der Waals surface area (Å²) in [4.78, 5) is 25.5. The van der Waals surface area contributed by atoms with E-state index in [1.165, 1.54) is 0 Å². The molecule has 4 heteroatoms. The Morgan fingerprint density at radius 2 is 2.14 bits per heavy atom. The van der Waals surface area contributed by atoms with E-state index in [-0.39, 0.29) is 12.1 Å². The molecule has 4 nitrogen and oxygen atoms in total. The molecule has 0 radical (unpaired) electrons. The fraction of sp³-hybridized carbons (Fsp3) is 0.100. The first kappa shape index (κ1) is 8.62. The average molecular weight is 188 g/mol. The Kier molecular flexibility index (Phi) is 1.89. The highest BCUT2D eigenvalue weighted by molar-refractivity contribution is 6.32. The van der Waals surface area contributed by atoms with Gasteiger partial charge in [0.25, 0.3) is 5.78 Å². The molecule has 0 saturated heterocycles. The van der Waals surface area contributed by atoms with Crippen molar-refractivity contribution in [3.05, 3.63) is 30.1 Å². The van der Waals surface area contributed by atoms with Crippen molar-refractivity contribution in [1.82, 2.24) is 9.55 Å². The van der Waals surface area contributed by atoms with Gasteiger partial charge in [-0.1, -0.05) is 12.1 Å². The normalized spacial score (nSPS) is 10.4. The SMILES string of the molecule is Cn1c(C(=O)C=O)nc2ccccc21. The third-order valence-electron chi connectivity index (χ3n) is 2.11. The number of rotatable bonds is 2. The predicted molar refractivity (Wildman–Crippen MR) is 51.1 cm³/mol. The maximum Gasteiger partial charge on any atom is 0.260 e. The van der Waals surface area contributed by atoms with Crippen LogP contribution in [0.25, 0.3) is 11.0 Å². The number of carbonyl (C=O) groups is 2. The number of aromatic nitrogens is 2. The van der Waals surface area contributed by atoms with E-state index < -0.39 is 5.78 Å². The number of aldehydes is 1. The van der Waals surface area contributed by atoms with Crippen LogP contribution in [0.2, 0.25) is 0 Å². The molecule has 0 spiro atoms. The molecule has 0 unspecified atom stereocenters. The van der Waals surface area contributed by atoms with E-state index in [4.69, 9.17) is 0 Å². The highest BCUT2D eigenvalue weighted by Crippen LogP contribution is 2.13. The first-order valence-electron chi connectivity index (χ1n) is 4.15. The third kappa shape index (κ3) is 1.12. The Hall–Kier alpha value is -1.97. The minimum absolute atomic E-state index is 0.182. The lowest BCUT2D eigenvalue weighted by molar-refractivity contribution is -0.104. The maximum atomic E-state index is 11.2. The molecule has 0 amide bonds. The van der Waals surface area contributed by atoms with Gasteiger partial charge in [0.2, 0.25) is 0 Å². The number of para-hydroxylation sites is 2. The van der Waals surface area contributed by atoms with Gasteiger partial charge in [0.15, 0.2) is 12.1 Å². The van der Waals surface area contributed by atoms with Crippen molar-refractivity contribution in [3.8, 4) is 0 Å². The van der Waals surface area contributed by atoms with Crippen LogP contribution >= 0.6 is 0 Å². The molecule has 70 valence electrons. The van der Waals surface area contributed by atoms with E-state index in [0.29, 0.717) is 0 Å². The molecule has 1 aromatic heterocycles. The van der Waals surface area contributed by atoms with Crippen LogP contribution in [-0.4, -0.2) is 21.6 Å². The lowest BCUT2D eigenvalue weighted by atomic mass is 10.3. The van der Waals surface area contributed by atoms with E-state index >= 15 is 0 Å². The number of benzene rings is 1. The molecule has 1 aromatic carbocycles. The number of imidazole rings is 1. The quantitative estimate of drug-likeness (QED) is 0.400. The van der Waals surface area contributed by atoms with Crippen molar-refractivity contribution in [1.29, 1.82) is 0 Å². The van der Waals surface area contributed by atoms with Crippen molar-refractivity contribution in [3.63, 3.8) is 0 Å². The number of nitrogens with zero attached hydrogens (tertiary/aromatic N) is 2. The van der Waals surface area contributed by atoms with Crippen molar-refractivity contribution in [2.75, 3.05) is 0 Å². The largest absolute Gasteiger partial charge is 0.324 e. The van der Waals surface area contributed by atoms with Crippen LogP contribution in [0.5, 0.6) is 0 Å². The summed E-state index contributed by atoms with van der Waals surface area (Å²) in [5, 5.41) is 0. The van der Waals surface area contributed by atoms with E-state index in [1.807, 2.05) is 18.2 Å². The topological polar surface area (TPSA) is 52.0 Å². The molecule has 0 bridgehead atoms. The Morgan fingerprint density at radius 3 is 2.79 bits per heavy atom. The summed E-state index contributed by atoms with van der Waals surface area (Å²) in [7, 11) is 1.71. The molecule has 0 saturated carbocycles. The summed E-state index contributed by atoms with van der Waals surface area (Å²) in [6.45, 7) is 0. The minimum Gasteiger partial charge on any atom is -0.324 e. The molecule has 0 aliphatic heterocycles. The predicted octanol–water partition coefficient (Wildman–Crippen LogP) is 0.955. The minimum atomic E-state index is -0.594. The van der Waals surface area contributed by atoms with Crippen molar-refractivity contribution in [2.24, 2.45) is 7.05 Å². The molecule has 2 rings (SSSR count). The molecule has 0 aliphatic carbocycles. The number of fused-ring (bicyclic) bond motifs is 1. The Balaban J connectivity index is 2.74. The number of hydrogen-bond acceptors (Lipinski definition) is 3. The average Bonchev–Trinajstić information content (AvgIpc) is 2.56. The summed E-state index contributed by atoms with van der Waals surface area (Å²) in [5.74, 6) is -0.412. The summed E-state index contributed by atoms with van der Waals surface area (Å²) in [5.41, 5.74) is 1.57. The van der Waals surface area contributed by atoms with E-state index in [2.05, 4.69) is 4.98 Å². The van der Waals surface area contributed by atoms with Gasteiger partial charge in [0, 0.05) is 7.05 Å². The molecule has 0 N–H and O–H groups in total. The molecule has 1 heterocycles. The van der Waals surface area contributed by atoms with Crippen molar-refractivity contribution >= 4 is 23.1 Å². The lowest BCUT2D eigenvalue weighted by Crippen LogP contribution is -2.07. The maximum absolute atomic E-state index is 11.2. The van der Waals surface area contributed by atoms with Gasteiger partial charge in [-0.2, -0.15) is 0 Å².